The molecule has 0 aliphatic rings. The van der Waals surface area contributed by atoms with Crippen molar-refractivity contribution in [2.75, 3.05) is 18.9 Å². The van der Waals surface area contributed by atoms with E-state index < -0.39 is 0 Å². The van der Waals surface area contributed by atoms with Crippen LogP contribution in [0.4, 0.5) is 5.69 Å². The van der Waals surface area contributed by atoms with Crippen LogP contribution in [0.1, 0.15) is 5.82 Å². The number of benzene rings is 2. The summed E-state index contributed by atoms with van der Waals surface area (Å²) in [6, 6.07) is 12.4. The second-order valence-electron chi connectivity index (χ2n) is 5.87. The van der Waals surface area contributed by atoms with Crippen LogP contribution >= 0.6 is 27.5 Å². The van der Waals surface area contributed by atoms with E-state index in [4.69, 9.17) is 11.6 Å². The minimum atomic E-state index is -0.251. The van der Waals surface area contributed by atoms with Crippen molar-refractivity contribution in [3.05, 3.63) is 68.1 Å². The van der Waals surface area contributed by atoms with Gasteiger partial charge in [-0.25, -0.2) is 4.98 Å². The molecule has 0 fully saturated rings. The number of hydrogen-bond acceptors (Lipinski definition) is 4. The van der Waals surface area contributed by atoms with Gasteiger partial charge in [-0.15, -0.1) is 0 Å². The van der Waals surface area contributed by atoms with Crippen LogP contribution in [0.2, 0.25) is 5.02 Å². The van der Waals surface area contributed by atoms with Crippen LogP contribution in [0, 0.1) is 0 Å². The third-order valence-corrected chi connectivity index (χ3v) is 4.62. The average Bonchev–Trinajstić information content (AvgIpc) is 2.57. The maximum absolute atomic E-state index is 12.2. The number of para-hydroxylation sites is 1. The van der Waals surface area contributed by atoms with E-state index in [9.17, 15) is 9.59 Å². The predicted octanol–water partition coefficient (Wildman–Crippen LogP) is 3.41. The Morgan fingerprint density at radius 1 is 1.31 bits per heavy atom. The van der Waals surface area contributed by atoms with Crippen molar-refractivity contribution in [3.63, 3.8) is 0 Å². The van der Waals surface area contributed by atoms with Gasteiger partial charge in [-0.2, -0.15) is 0 Å². The molecular weight excluding hydrogens is 420 g/mol. The Kier molecular flexibility index (Phi) is 5.70. The number of halogens is 2. The summed E-state index contributed by atoms with van der Waals surface area (Å²) >= 11 is 9.31. The highest BCUT2D eigenvalue weighted by atomic mass is 79.9. The predicted molar refractivity (Wildman–Crippen MR) is 106 cm³/mol. The van der Waals surface area contributed by atoms with E-state index in [2.05, 4.69) is 31.2 Å². The van der Waals surface area contributed by atoms with E-state index >= 15 is 0 Å². The molecule has 1 aromatic heterocycles. The van der Waals surface area contributed by atoms with E-state index in [0.717, 1.165) is 4.47 Å². The quantitative estimate of drug-likeness (QED) is 0.644. The number of aromatic amines is 1. The number of amides is 1. The minimum Gasteiger partial charge on any atom is -0.324 e. The number of nitrogens with zero attached hydrogens (tertiary/aromatic N) is 2. The van der Waals surface area contributed by atoms with Crippen molar-refractivity contribution >= 4 is 50.0 Å². The first-order valence-electron chi connectivity index (χ1n) is 7.84. The Morgan fingerprint density at radius 2 is 2.08 bits per heavy atom. The zero-order valence-corrected chi connectivity index (χ0v) is 16.3. The highest BCUT2D eigenvalue weighted by Gasteiger charge is 2.11. The summed E-state index contributed by atoms with van der Waals surface area (Å²) in [5, 5.41) is 3.76. The molecule has 8 heteroatoms. The average molecular weight is 436 g/mol. The number of likely N-dealkylation sites (N-methyl/N-ethyl adjacent to an activating group) is 1. The van der Waals surface area contributed by atoms with Crippen molar-refractivity contribution in [3.8, 4) is 0 Å². The summed E-state index contributed by atoms with van der Waals surface area (Å²) in [4.78, 5) is 33.3. The molecule has 2 N–H and O–H groups in total. The minimum absolute atomic E-state index is 0.156. The molecule has 0 radical (unpaired) electrons. The number of carbonyl (C=O) groups excluding carboxylic acids is 1. The van der Waals surface area contributed by atoms with Gasteiger partial charge in [0, 0.05) is 9.50 Å². The maximum Gasteiger partial charge on any atom is 0.258 e. The molecule has 0 bridgehead atoms. The first-order valence-corrected chi connectivity index (χ1v) is 9.01. The summed E-state index contributed by atoms with van der Waals surface area (Å²) in [6.45, 7) is 0.487. The lowest BCUT2D eigenvalue weighted by Gasteiger charge is -2.16. The van der Waals surface area contributed by atoms with E-state index in [1.807, 2.05) is 24.3 Å². The third-order valence-electron chi connectivity index (χ3n) is 3.70. The monoisotopic (exact) mass is 434 g/mol. The smallest absolute Gasteiger partial charge is 0.258 e. The Morgan fingerprint density at radius 3 is 2.85 bits per heavy atom. The number of carbonyl (C=O) groups is 1. The van der Waals surface area contributed by atoms with Crippen LogP contribution in [0.25, 0.3) is 10.9 Å². The van der Waals surface area contributed by atoms with Crippen LogP contribution in [-0.2, 0) is 11.3 Å². The highest BCUT2D eigenvalue weighted by Crippen LogP contribution is 2.21. The van der Waals surface area contributed by atoms with Gasteiger partial charge < -0.3 is 10.3 Å². The third kappa shape index (κ3) is 4.49. The molecule has 3 rings (SSSR count). The Labute approximate surface area is 163 Å². The van der Waals surface area contributed by atoms with Crippen molar-refractivity contribution in [1.82, 2.24) is 14.9 Å². The normalized spacial score (nSPS) is 11.1. The first kappa shape index (κ1) is 18.6. The van der Waals surface area contributed by atoms with Gasteiger partial charge >= 0.3 is 0 Å². The van der Waals surface area contributed by atoms with Gasteiger partial charge in [-0.1, -0.05) is 23.7 Å². The molecular formula is C18H16BrClN4O2. The molecule has 0 unspecified atom stereocenters. The fourth-order valence-corrected chi connectivity index (χ4v) is 3.10. The molecule has 134 valence electrons. The summed E-state index contributed by atoms with van der Waals surface area (Å²) in [6.07, 6.45) is 0. The SMILES string of the molecule is CN(CC(=O)Nc1ccccc1Br)Cc1nc2ccc(Cl)cc2c(=O)[nH]1. The Bertz CT molecular complexity index is 1020. The second-order valence-corrected chi connectivity index (χ2v) is 7.17. The van der Waals surface area contributed by atoms with Gasteiger partial charge in [-0.05, 0) is 53.3 Å². The van der Waals surface area contributed by atoms with Crippen LogP contribution in [-0.4, -0.2) is 34.4 Å². The van der Waals surface area contributed by atoms with Crippen LogP contribution < -0.4 is 10.9 Å². The number of fused-ring (bicyclic) bond motifs is 1. The molecule has 0 atom stereocenters. The fraction of sp³-hybridized carbons (Fsp3) is 0.167. The first-order chi connectivity index (χ1) is 12.4. The lowest BCUT2D eigenvalue weighted by molar-refractivity contribution is -0.117. The number of rotatable bonds is 5. The second kappa shape index (κ2) is 7.99. The number of H-pyrrole nitrogens is 1. The topological polar surface area (TPSA) is 78.1 Å². The molecule has 1 amide bonds. The van der Waals surface area contributed by atoms with Gasteiger partial charge in [0.1, 0.15) is 5.82 Å². The van der Waals surface area contributed by atoms with Gasteiger partial charge in [0.05, 0.1) is 29.7 Å². The zero-order valence-electron chi connectivity index (χ0n) is 13.9. The molecule has 6 nitrogen and oxygen atoms in total. The number of hydrogen-bond donors (Lipinski definition) is 2. The zero-order chi connectivity index (χ0) is 18.7. The maximum atomic E-state index is 12.2. The van der Waals surface area contributed by atoms with Crippen LogP contribution in [0.15, 0.2) is 51.7 Å². The van der Waals surface area contributed by atoms with Crippen LogP contribution in [0.5, 0.6) is 0 Å². The molecule has 0 aliphatic carbocycles. The lowest BCUT2D eigenvalue weighted by Crippen LogP contribution is -2.31. The summed E-state index contributed by atoms with van der Waals surface area (Å²) in [5.41, 5.74) is 1.03. The van der Waals surface area contributed by atoms with E-state index in [-0.39, 0.29) is 18.0 Å². The molecule has 26 heavy (non-hydrogen) atoms. The molecule has 0 saturated heterocycles. The lowest BCUT2D eigenvalue weighted by atomic mass is 10.2. The van der Waals surface area contributed by atoms with Gasteiger partial charge in [0.15, 0.2) is 0 Å². The summed E-state index contributed by atoms with van der Waals surface area (Å²) in [7, 11) is 1.78. The van der Waals surface area contributed by atoms with E-state index in [0.29, 0.717) is 34.0 Å². The molecule has 0 spiro atoms. The van der Waals surface area contributed by atoms with Crippen molar-refractivity contribution in [2.24, 2.45) is 0 Å². The van der Waals surface area contributed by atoms with E-state index in [1.54, 1.807) is 30.1 Å². The van der Waals surface area contributed by atoms with Crippen molar-refractivity contribution in [1.29, 1.82) is 0 Å². The van der Waals surface area contributed by atoms with Gasteiger partial charge in [0.2, 0.25) is 5.91 Å². The number of aromatic nitrogens is 2. The molecule has 2 aromatic carbocycles. The highest BCUT2D eigenvalue weighted by molar-refractivity contribution is 9.10. The largest absolute Gasteiger partial charge is 0.324 e. The molecule has 3 aromatic rings. The standard InChI is InChI=1S/C18H16BrClN4O2/c1-24(10-17(25)22-15-5-3-2-4-13(15)19)9-16-21-14-7-6-11(20)8-12(14)18(26)23-16/h2-8H,9-10H2,1H3,(H,22,25)(H,21,23,26). The number of nitrogens with one attached hydrogen (secondary N) is 2. The molecule has 0 saturated carbocycles. The molecule has 0 aliphatic heterocycles. The molecule has 1 heterocycles. The fourth-order valence-electron chi connectivity index (χ4n) is 2.54. The summed E-state index contributed by atoms with van der Waals surface area (Å²) < 4.78 is 0.815. The van der Waals surface area contributed by atoms with Crippen molar-refractivity contribution < 1.29 is 4.79 Å². The van der Waals surface area contributed by atoms with Gasteiger partial charge in [-0.3, -0.25) is 14.5 Å². The summed E-state index contributed by atoms with van der Waals surface area (Å²) in [5.74, 6) is 0.329. The van der Waals surface area contributed by atoms with Crippen molar-refractivity contribution in [2.45, 2.75) is 6.54 Å². The number of anilines is 1. The van der Waals surface area contributed by atoms with Crippen LogP contribution in [0.3, 0.4) is 0 Å². The van der Waals surface area contributed by atoms with E-state index in [1.165, 1.54) is 0 Å². The Balaban J connectivity index is 1.68. The Hall–Kier alpha value is -2.22. The van der Waals surface area contributed by atoms with Gasteiger partial charge in [0.25, 0.3) is 5.56 Å².